The average Bonchev–Trinajstić information content (AvgIpc) is 2.91. The van der Waals surface area contributed by atoms with Gasteiger partial charge in [0.05, 0.1) is 10.9 Å². The van der Waals surface area contributed by atoms with Crippen LogP contribution in [0.25, 0.3) is 16.9 Å². The van der Waals surface area contributed by atoms with Gasteiger partial charge in [-0.05, 0) is 36.0 Å². The van der Waals surface area contributed by atoms with E-state index in [1.54, 1.807) is 12.3 Å². The predicted octanol–water partition coefficient (Wildman–Crippen LogP) is 2.72. The molecule has 0 saturated carbocycles. The molecular formula is C12H7F3N4OS. The maximum absolute atomic E-state index is 12.3. The molecule has 5 nitrogen and oxygen atoms in total. The molecule has 1 aromatic carbocycles. The molecule has 108 valence electrons. The van der Waals surface area contributed by atoms with E-state index in [1.807, 2.05) is 0 Å². The molecule has 2 aromatic heterocycles. The van der Waals surface area contributed by atoms with Crippen LogP contribution in [0, 0.1) is 0 Å². The summed E-state index contributed by atoms with van der Waals surface area (Å²) in [7, 11) is 0. The third-order valence-electron chi connectivity index (χ3n) is 2.62. The van der Waals surface area contributed by atoms with Crippen LogP contribution < -0.4 is 5.56 Å². The van der Waals surface area contributed by atoms with Crippen LogP contribution in [0.15, 0.2) is 46.3 Å². The Balaban J connectivity index is 2.10. The van der Waals surface area contributed by atoms with E-state index in [9.17, 15) is 18.0 Å². The molecule has 21 heavy (non-hydrogen) atoms. The summed E-state index contributed by atoms with van der Waals surface area (Å²) in [5, 5.41) is 4.03. The summed E-state index contributed by atoms with van der Waals surface area (Å²) < 4.78 is 38.4. The minimum Gasteiger partial charge on any atom is -0.290 e. The van der Waals surface area contributed by atoms with Crippen molar-refractivity contribution in [2.24, 2.45) is 0 Å². The fourth-order valence-electron chi connectivity index (χ4n) is 1.81. The van der Waals surface area contributed by atoms with Gasteiger partial charge >= 0.3 is 5.51 Å². The summed E-state index contributed by atoms with van der Waals surface area (Å²) in [6, 6.07) is 5.49. The Morgan fingerprint density at radius 1 is 1.29 bits per heavy atom. The molecule has 0 aliphatic carbocycles. The predicted molar refractivity (Wildman–Crippen MR) is 71.4 cm³/mol. The van der Waals surface area contributed by atoms with Crippen molar-refractivity contribution in [2.45, 2.75) is 10.4 Å². The van der Waals surface area contributed by atoms with Gasteiger partial charge in [-0.1, -0.05) is 0 Å². The van der Waals surface area contributed by atoms with Gasteiger partial charge in [0.15, 0.2) is 0 Å². The van der Waals surface area contributed by atoms with Gasteiger partial charge in [0.2, 0.25) is 5.95 Å². The van der Waals surface area contributed by atoms with Crippen molar-refractivity contribution in [3.8, 4) is 5.95 Å². The number of nitrogens with zero attached hydrogens (tertiary/aromatic N) is 3. The van der Waals surface area contributed by atoms with Crippen LogP contribution in [-0.2, 0) is 0 Å². The topological polar surface area (TPSA) is 63.6 Å². The fourth-order valence-corrected chi connectivity index (χ4v) is 2.39. The van der Waals surface area contributed by atoms with E-state index in [-0.39, 0.29) is 28.0 Å². The van der Waals surface area contributed by atoms with E-state index in [1.165, 1.54) is 29.1 Å². The minimum atomic E-state index is -4.40. The zero-order valence-electron chi connectivity index (χ0n) is 10.3. The van der Waals surface area contributed by atoms with Crippen molar-refractivity contribution in [2.75, 3.05) is 0 Å². The molecule has 3 aromatic rings. The standard InChI is InChI=1S/C12H7F3N4OS/c13-12(14,15)21-7-2-3-9-8(6-7)10(20)18-11(17-9)19-5-1-4-16-19/h1-6H,(H,17,18,20). The second-order valence-electron chi connectivity index (χ2n) is 4.07. The highest BCUT2D eigenvalue weighted by Gasteiger charge is 2.29. The Bertz CT molecular complexity index is 842. The van der Waals surface area contributed by atoms with Crippen molar-refractivity contribution < 1.29 is 13.2 Å². The second kappa shape index (κ2) is 4.92. The first-order valence-electron chi connectivity index (χ1n) is 5.72. The average molecular weight is 312 g/mol. The summed E-state index contributed by atoms with van der Waals surface area (Å²) in [4.78, 5) is 18.6. The molecule has 3 rings (SSSR count). The first kappa shape index (κ1) is 13.7. The molecule has 0 unspecified atom stereocenters. The molecule has 0 bridgehead atoms. The zero-order chi connectivity index (χ0) is 15.0. The summed E-state index contributed by atoms with van der Waals surface area (Å²) in [5.74, 6) is 0.203. The highest BCUT2D eigenvalue weighted by molar-refractivity contribution is 8.00. The number of benzene rings is 1. The maximum atomic E-state index is 12.3. The summed E-state index contributed by atoms with van der Waals surface area (Å²) in [6.07, 6.45) is 3.12. The third-order valence-corrected chi connectivity index (χ3v) is 3.34. The summed E-state index contributed by atoms with van der Waals surface area (Å²) in [5.41, 5.74) is -4.62. The first-order valence-corrected chi connectivity index (χ1v) is 6.54. The van der Waals surface area contributed by atoms with Crippen molar-refractivity contribution >= 4 is 22.7 Å². The number of aromatic nitrogens is 4. The quantitative estimate of drug-likeness (QED) is 0.739. The summed E-state index contributed by atoms with van der Waals surface area (Å²) in [6.45, 7) is 0. The fraction of sp³-hybridized carbons (Fsp3) is 0.0833. The molecular weight excluding hydrogens is 305 g/mol. The third kappa shape index (κ3) is 2.92. The lowest BCUT2D eigenvalue weighted by molar-refractivity contribution is -0.0328. The second-order valence-corrected chi connectivity index (χ2v) is 5.21. The summed E-state index contributed by atoms with van der Waals surface area (Å²) >= 11 is -0.272. The van der Waals surface area contributed by atoms with Crippen LogP contribution in [0.1, 0.15) is 0 Å². The van der Waals surface area contributed by atoms with E-state index >= 15 is 0 Å². The molecule has 0 aliphatic rings. The lowest BCUT2D eigenvalue weighted by Crippen LogP contribution is -2.14. The smallest absolute Gasteiger partial charge is 0.290 e. The minimum absolute atomic E-state index is 0.0610. The molecule has 2 heterocycles. The number of hydrogen-bond acceptors (Lipinski definition) is 4. The molecule has 0 spiro atoms. The van der Waals surface area contributed by atoms with Gasteiger partial charge in [-0.25, -0.2) is 9.67 Å². The SMILES string of the molecule is O=c1[nH]c(-n2cccn2)nc2ccc(SC(F)(F)F)cc12. The number of nitrogens with one attached hydrogen (secondary N) is 1. The van der Waals surface area contributed by atoms with Crippen LogP contribution >= 0.6 is 11.8 Å². The number of aromatic amines is 1. The van der Waals surface area contributed by atoms with Crippen molar-refractivity contribution in [1.29, 1.82) is 0 Å². The normalized spacial score (nSPS) is 12.0. The van der Waals surface area contributed by atoms with E-state index < -0.39 is 11.1 Å². The molecule has 0 atom stereocenters. The monoisotopic (exact) mass is 312 g/mol. The molecule has 0 radical (unpaired) electrons. The molecule has 0 fully saturated rings. The number of hydrogen-bond donors (Lipinski definition) is 1. The number of alkyl halides is 3. The van der Waals surface area contributed by atoms with E-state index in [2.05, 4.69) is 15.1 Å². The Morgan fingerprint density at radius 3 is 2.76 bits per heavy atom. The highest BCUT2D eigenvalue weighted by atomic mass is 32.2. The van der Waals surface area contributed by atoms with Crippen molar-refractivity contribution in [1.82, 2.24) is 19.7 Å². The molecule has 0 saturated heterocycles. The van der Waals surface area contributed by atoms with Crippen molar-refractivity contribution in [3.63, 3.8) is 0 Å². The van der Waals surface area contributed by atoms with Gasteiger partial charge in [-0.2, -0.15) is 18.3 Å². The van der Waals surface area contributed by atoms with Crippen LogP contribution in [-0.4, -0.2) is 25.3 Å². The Kier molecular flexibility index (Phi) is 3.20. The number of halogens is 3. The van der Waals surface area contributed by atoms with Gasteiger partial charge in [0.1, 0.15) is 0 Å². The van der Waals surface area contributed by atoms with Crippen LogP contribution in [0.3, 0.4) is 0 Å². The van der Waals surface area contributed by atoms with Crippen molar-refractivity contribution in [3.05, 3.63) is 47.0 Å². The molecule has 0 aliphatic heterocycles. The molecule has 0 amide bonds. The maximum Gasteiger partial charge on any atom is 0.446 e. The Morgan fingerprint density at radius 2 is 2.10 bits per heavy atom. The van der Waals surface area contributed by atoms with Gasteiger partial charge in [-0.15, -0.1) is 0 Å². The van der Waals surface area contributed by atoms with E-state index in [0.29, 0.717) is 5.52 Å². The largest absolute Gasteiger partial charge is 0.446 e. The van der Waals surface area contributed by atoms with Crippen LogP contribution in [0.2, 0.25) is 0 Å². The molecule has 9 heteroatoms. The van der Waals surface area contributed by atoms with Crippen LogP contribution in [0.4, 0.5) is 13.2 Å². The Hall–Kier alpha value is -2.29. The van der Waals surface area contributed by atoms with Gasteiger partial charge in [0, 0.05) is 17.3 Å². The highest BCUT2D eigenvalue weighted by Crippen LogP contribution is 2.37. The lowest BCUT2D eigenvalue weighted by atomic mass is 10.2. The van der Waals surface area contributed by atoms with Gasteiger partial charge in [-0.3, -0.25) is 9.78 Å². The van der Waals surface area contributed by atoms with E-state index in [4.69, 9.17) is 0 Å². The van der Waals surface area contributed by atoms with Gasteiger partial charge in [0.25, 0.3) is 5.56 Å². The number of H-pyrrole nitrogens is 1. The Labute approximate surface area is 119 Å². The zero-order valence-corrected chi connectivity index (χ0v) is 11.1. The van der Waals surface area contributed by atoms with E-state index in [0.717, 1.165) is 0 Å². The molecule has 1 N–H and O–H groups in total. The lowest BCUT2D eigenvalue weighted by Gasteiger charge is -2.07. The number of rotatable bonds is 2. The number of thioether (sulfide) groups is 1. The number of fused-ring (bicyclic) bond motifs is 1. The first-order chi connectivity index (χ1) is 9.92. The van der Waals surface area contributed by atoms with Crippen LogP contribution in [0.5, 0.6) is 0 Å². The van der Waals surface area contributed by atoms with Gasteiger partial charge < -0.3 is 0 Å².